The maximum atomic E-state index is 9.93. The maximum Gasteiger partial charge on any atom is 0.258 e. The summed E-state index contributed by atoms with van der Waals surface area (Å²) in [5, 5.41) is 0. The van der Waals surface area contributed by atoms with Crippen LogP contribution >= 0.6 is 0 Å². The van der Waals surface area contributed by atoms with Gasteiger partial charge in [-0.2, -0.15) is 0 Å². The van der Waals surface area contributed by atoms with Crippen molar-refractivity contribution in [2.45, 2.75) is 13.8 Å². The molecule has 1 unspecified atom stereocenters. The molecule has 3 nitrogen and oxygen atoms in total. The van der Waals surface area contributed by atoms with Crippen LogP contribution in [0.3, 0.4) is 0 Å². The van der Waals surface area contributed by atoms with Crippen LogP contribution in [-0.4, -0.2) is 8.76 Å². The van der Waals surface area contributed by atoms with Crippen molar-refractivity contribution in [1.82, 2.24) is 4.72 Å². The van der Waals surface area contributed by atoms with Crippen LogP contribution in [-0.2, 0) is 11.3 Å². The molecular weight excluding hydrogens is 126 g/mol. The van der Waals surface area contributed by atoms with Crippen LogP contribution in [0.2, 0.25) is 0 Å². The molecule has 0 saturated heterocycles. The fourth-order valence-electron chi connectivity index (χ4n) is 0.197. The van der Waals surface area contributed by atoms with Crippen molar-refractivity contribution in [3.8, 4) is 0 Å². The molecule has 0 aromatic carbocycles. The Morgan fingerprint density at radius 1 is 1.88 bits per heavy atom. The van der Waals surface area contributed by atoms with Gasteiger partial charge in [-0.25, -0.2) is 4.21 Å². The van der Waals surface area contributed by atoms with E-state index in [0.717, 1.165) is 0 Å². The molecule has 0 bridgehead atoms. The largest absolute Gasteiger partial charge is 0.289 e. The molecule has 0 rings (SSSR count). The number of allylic oxidation sites excluding steroid dienone is 2. The zero-order valence-corrected chi connectivity index (χ0v) is 5.66. The van der Waals surface area contributed by atoms with E-state index in [1.807, 2.05) is 0 Å². The van der Waals surface area contributed by atoms with Gasteiger partial charge in [0.15, 0.2) is 0 Å². The molecule has 0 aliphatic carbocycles. The lowest BCUT2D eigenvalue weighted by atomic mass is 10.5. The molecule has 2 N–H and O–H groups in total. The molecule has 8 heavy (non-hydrogen) atoms. The topological polar surface area (TPSA) is 49.3 Å². The van der Waals surface area contributed by atoms with Crippen molar-refractivity contribution < 1.29 is 8.76 Å². The monoisotopic (exact) mass is 135 g/mol. The highest BCUT2D eigenvalue weighted by molar-refractivity contribution is 7.77. The predicted molar refractivity (Wildman–Crippen MR) is 33.3 cm³/mol. The van der Waals surface area contributed by atoms with Crippen molar-refractivity contribution >= 4 is 11.3 Å². The minimum atomic E-state index is -1.91. The summed E-state index contributed by atoms with van der Waals surface area (Å²) in [4.78, 5) is 0. The van der Waals surface area contributed by atoms with Crippen molar-refractivity contribution in [2.24, 2.45) is 0 Å². The van der Waals surface area contributed by atoms with Crippen molar-refractivity contribution in [3.63, 3.8) is 0 Å². The van der Waals surface area contributed by atoms with E-state index in [-0.39, 0.29) is 0 Å². The number of rotatable bonds is 2. The smallest absolute Gasteiger partial charge is 0.258 e. The molecule has 0 aromatic heterocycles. The van der Waals surface area contributed by atoms with Gasteiger partial charge < -0.3 is 0 Å². The summed E-state index contributed by atoms with van der Waals surface area (Å²) in [5.41, 5.74) is 0.700. The molecule has 0 radical (unpaired) electrons. The zero-order valence-electron chi connectivity index (χ0n) is 4.84. The summed E-state index contributed by atoms with van der Waals surface area (Å²) < 4.78 is 20.4. The Labute approximate surface area is 51.2 Å². The molecule has 0 aliphatic heterocycles. The second kappa shape index (κ2) is 3.63. The Balaban J connectivity index is 3.56. The first kappa shape index (κ1) is 7.65. The van der Waals surface area contributed by atoms with E-state index in [0.29, 0.717) is 5.70 Å². The van der Waals surface area contributed by atoms with Crippen LogP contribution in [0.4, 0.5) is 0 Å². The first-order chi connectivity index (χ1) is 3.66. The van der Waals surface area contributed by atoms with Gasteiger partial charge in [-0.05, 0) is 13.8 Å². The van der Waals surface area contributed by atoms with E-state index in [1.54, 1.807) is 19.9 Å². The standard InChI is InChI=1S/C4H9NO2S/c1-3-4(2)5-8(6)7/h3,5H,1-2H3,(H,6,7). The normalized spacial score (nSPS) is 15.6. The number of nitrogens with one attached hydrogen (secondary N) is 1. The molecule has 0 fully saturated rings. The molecule has 0 amide bonds. The number of hydrogen-bond donors (Lipinski definition) is 2. The Morgan fingerprint density at radius 2 is 2.38 bits per heavy atom. The van der Waals surface area contributed by atoms with Crippen molar-refractivity contribution in [3.05, 3.63) is 11.8 Å². The molecule has 0 aliphatic rings. The first-order valence-electron chi connectivity index (χ1n) is 2.17. The quantitative estimate of drug-likeness (QED) is 0.546. The Bertz CT molecular complexity index is 121. The third-order valence-electron chi connectivity index (χ3n) is 0.681. The van der Waals surface area contributed by atoms with Gasteiger partial charge in [0.1, 0.15) is 0 Å². The van der Waals surface area contributed by atoms with E-state index in [4.69, 9.17) is 4.55 Å². The average molecular weight is 135 g/mol. The van der Waals surface area contributed by atoms with E-state index in [9.17, 15) is 4.21 Å². The third kappa shape index (κ3) is 3.83. The first-order valence-corrected chi connectivity index (χ1v) is 3.28. The van der Waals surface area contributed by atoms with Gasteiger partial charge >= 0.3 is 0 Å². The predicted octanol–water partition coefficient (Wildman–Crippen LogP) is 0.636. The lowest BCUT2D eigenvalue weighted by Gasteiger charge is -1.96. The van der Waals surface area contributed by atoms with Gasteiger partial charge in [-0.1, -0.05) is 6.08 Å². The maximum absolute atomic E-state index is 9.93. The van der Waals surface area contributed by atoms with Crippen LogP contribution in [0, 0.1) is 0 Å². The lowest BCUT2D eigenvalue weighted by molar-refractivity contribution is 0.556. The Morgan fingerprint density at radius 3 is 2.50 bits per heavy atom. The van der Waals surface area contributed by atoms with Gasteiger partial charge in [-0.3, -0.25) is 9.27 Å². The fourth-order valence-corrected chi connectivity index (χ4v) is 0.590. The minimum Gasteiger partial charge on any atom is -0.289 e. The van der Waals surface area contributed by atoms with E-state index in [2.05, 4.69) is 4.72 Å². The Kier molecular flexibility index (Phi) is 3.47. The van der Waals surface area contributed by atoms with Crippen molar-refractivity contribution in [1.29, 1.82) is 0 Å². The van der Waals surface area contributed by atoms with Crippen LogP contribution in [0.5, 0.6) is 0 Å². The van der Waals surface area contributed by atoms with Gasteiger partial charge in [-0.15, -0.1) is 0 Å². The van der Waals surface area contributed by atoms with Gasteiger partial charge in [0.2, 0.25) is 0 Å². The van der Waals surface area contributed by atoms with Gasteiger partial charge in [0.05, 0.1) is 0 Å². The second-order valence-corrected chi connectivity index (χ2v) is 2.03. The highest BCUT2D eigenvalue weighted by atomic mass is 32.2. The summed E-state index contributed by atoms with van der Waals surface area (Å²) in [6.45, 7) is 3.50. The molecular formula is C4H9NO2S. The van der Waals surface area contributed by atoms with Crippen LogP contribution < -0.4 is 4.72 Å². The van der Waals surface area contributed by atoms with E-state index < -0.39 is 11.3 Å². The summed E-state index contributed by atoms with van der Waals surface area (Å²) >= 11 is -1.91. The molecule has 48 valence electrons. The van der Waals surface area contributed by atoms with Crippen LogP contribution in [0.15, 0.2) is 11.8 Å². The number of hydrogen-bond acceptors (Lipinski definition) is 1. The summed E-state index contributed by atoms with van der Waals surface area (Å²) in [5.74, 6) is 0. The average Bonchev–Trinajstić information content (AvgIpc) is 1.65. The van der Waals surface area contributed by atoms with E-state index in [1.165, 1.54) is 0 Å². The Hall–Kier alpha value is -0.350. The van der Waals surface area contributed by atoms with Gasteiger partial charge in [0.25, 0.3) is 11.3 Å². The molecule has 0 heterocycles. The second-order valence-electron chi connectivity index (χ2n) is 1.32. The van der Waals surface area contributed by atoms with Gasteiger partial charge in [0, 0.05) is 5.70 Å². The fraction of sp³-hybridized carbons (Fsp3) is 0.500. The summed E-state index contributed by atoms with van der Waals surface area (Å²) in [6, 6.07) is 0. The minimum absolute atomic E-state index is 0.700. The molecule has 0 spiro atoms. The van der Waals surface area contributed by atoms with Crippen molar-refractivity contribution in [2.75, 3.05) is 0 Å². The van der Waals surface area contributed by atoms with E-state index >= 15 is 0 Å². The summed E-state index contributed by atoms with van der Waals surface area (Å²) in [7, 11) is 0. The molecule has 4 heteroatoms. The SMILES string of the molecule is CC=C(C)NS(=O)O. The molecule has 1 atom stereocenters. The highest BCUT2D eigenvalue weighted by Gasteiger charge is 1.87. The molecule has 0 aromatic rings. The highest BCUT2D eigenvalue weighted by Crippen LogP contribution is 1.83. The lowest BCUT2D eigenvalue weighted by Crippen LogP contribution is -2.12. The molecule has 0 saturated carbocycles. The zero-order chi connectivity index (χ0) is 6.57. The van der Waals surface area contributed by atoms with Crippen LogP contribution in [0.1, 0.15) is 13.8 Å². The third-order valence-corrected chi connectivity index (χ3v) is 1.18. The van der Waals surface area contributed by atoms with Crippen LogP contribution in [0.25, 0.3) is 0 Å². The summed E-state index contributed by atoms with van der Waals surface area (Å²) in [6.07, 6.45) is 1.72.